The van der Waals surface area contributed by atoms with Gasteiger partial charge in [-0.1, -0.05) is 78.9 Å². The molecule has 0 N–H and O–H groups in total. The molecular weight excluding hydrogens is 422 g/mol. The number of nitrogens with zero attached hydrogens (tertiary/aromatic N) is 1. The zero-order valence-electron chi connectivity index (χ0n) is 19.4. The van der Waals surface area contributed by atoms with E-state index in [1.54, 1.807) is 0 Å². The summed E-state index contributed by atoms with van der Waals surface area (Å²) in [5, 5.41) is 0. The molecule has 0 aliphatic heterocycles. The molecule has 4 nitrogen and oxygen atoms in total. The molecule has 0 spiro atoms. The van der Waals surface area contributed by atoms with E-state index in [1.807, 2.05) is 121 Å². The second-order valence-electron chi connectivity index (χ2n) is 7.99. The molecule has 0 saturated heterocycles. The molecule has 34 heavy (non-hydrogen) atoms. The van der Waals surface area contributed by atoms with E-state index in [0.29, 0.717) is 31.9 Å². The van der Waals surface area contributed by atoms with Crippen LogP contribution in [0.15, 0.2) is 109 Å². The predicted molar refractivity (Wildman–Crippen MR) is 135 cm³/mol. The third kappa shape index (κ3) is 6.26. The lowest BCUT2D eigenvalue weighted by molar-refractivity contribution is 0.0729. The Morgan fingerprint density at radius 3 is 1.82 bits per heavy atom. The lowest BCUT2D eigenvalue weighted by Crippen LogP contribution is -2.30. The molecule has 4 aromatic rings. The Morgan fingerprint density at radius 2 is 1.26 bits per heavy atom. The Bertz CT molecular complexity index is 1140. The van der Waals surface area contributed by atoms with Crippen LogP contribution in [0.4, 0.5) is 0 Å². The third-order valence-corrected chi connectivity index (χ3v) is 5.46. The topological polar surface area (TPSA) is 38.8 Å². The van der Waals surface area contributed by atoms with Gasteiger partial charge in [-0.15, -0.1) is 0 Å². The van der Waals surface area contributed by atoms with Gasteiger partial charge < -0.3 is 14.4 Å². The van der Waals surface area contributed by atoms with Crippen molar-refractivity contribution in [3.63, 3.8) is 0 Å². The average Bonchev–Trinajstić information content (AvgIpc) is 2.89. The first-order chi connectivity index (χ1) is 16.7. The van der Waals surface area contributed by atoms with E-state index in [9.17, 15) is 4.79 Å². The fourth-order valence-corrected chi connectivity index (χ4v) is 3.79. The molecule has 0 aromatic heterocycles. The molecule has 0 saturated carbocycles. The fourth-order valence-electron chi connectivity index (χ4n) is 3.79. The maximum atomic E-state index is 13.7. The highest BCUT2D eigenvalue weighted by molar-refractivity contribution is 5.94. The summed E-state index contributed by atoms with van der Waals surface area (Å²) in [6.07, 6.45) is 0. The quantitative estimate of drug-likeness (QED) is 0.276. The van der Waals surface area contributed by atoms with Crippen molar-refractivity contribution in [2.75, 3.05) is 6.61 Å². The van der Waals surface area contributed by atoms with Crippen molar-refractivity contribution in [2.45, 2.75) is 26.6 Å². The molecule has 0 atom stereocenters. The van der Waals surface area contributed by atoms with Crippen LogP contribution in [0.2, 0.25) is 0 Å². The maximum Gasteiger partial charge on any atom is 0.254 e. The van der Waals surface area contributed by atoms with E-state index in [0.717, 1.165) is 28.2 Å². The molecule has 1 amide bonds. The summed E-state index contributed by atoms with van der Waals surface area (Å²) in [6, 6.07) is 35.4. The second kappa shape index (κ2) is 11.7. The van der Waals surface area contributed by atoms with Crippen LogP contribution < -0.4 is 9.47 Å². The van der Waals surface area contributed by atoms with Crippen molar-refractivity contribution in [2.24, 2.45) is 0 Å². The molecule has 0 unspecified atom stereocenters. The standard InChI is InChI=1S/C30H29NO3/c1-2-33-29-19-18-26(20-27(29)23-34-28-16-10-5-11-17-28)30(32)31(21-24-12-6-3-7-13-24)22-25-14-8-4-9-15-25/h3-20H,2,21-23H2,1H3. The molecule has 0 bridgehead atoms. The van der Waals surface area contributed by atoms with Gasteiger partial charge in [0.25, 0.3) is 5.91 Å². The molecule has 0 aliphatic rings. The predicted octanol–water partition coefficient (Wildman–Crippen LogP) is 6.51. The molecule has 4 rings (SSSR count). The van der Waals surface area contributed by atoms with Crippen molar-refractivity contribution in [3.05, 3.63) is 131 Å². The van der Waals surface area contributed by atoms with Crippen molar-refractivity contribution >= 4 is 5.91 Å². The number of carbonyl (C=O) groups is 1. The molecule has 0 radical (unpaired) electrons. The van der Waals surface area contributed by atoms with Gasteiger partial charge in [0.05, 0.1) is 6.61 Å². The first-order valence-corrected chi connectivity index (χ1v) is 11.5. The number of ether oxygens (including phenoxy) is 2. The molecule has 0 aliphatic carbocycles. The largest absolute Gasteiger partial charge is 0.493 e. The highest BCUT2D eigenvalue weighted by Crippen LogP contribution is 2.24. The summed E-state index contributed by atoms with van der Waals surface area (Å²) in [6.45, 7) is 3.86. The Kier molecular flexibility index (Phi) is 7.96. The van der Waals surface area contributed by atoms with Crippen LogP contribution in [0.1, 0.15) is 34.0 Å². The Hall–Kier alpha value is -4.05. The van der Waals surface area contributed by atoms with Gasteiger partial charge in [-0.3, -0.25) is 4.79 Å². The zero-order chi connectivity index (χ0) is 23.6. The van der Waals surface area contributed by atoms with Gasteiger partial charge in [-0.05, 0) is 48.4 Å². The first-order valence-electron chi connectivity index (χ1n) is 11.5. The van der Waals surface area contributed by atoms with Gasteiger partial charge in [0, 0.05) is 24.2 Å². The smallest absolute Gasteiger partial charge is 0.254 e. The van der Waals surface area contributed by atoms with Crippen molar-refractivity contribution in [1.82, 2.24) is 4.90 Å². The monoisotopic (exact) mass is 451 g/mol. The van der Waals surface area contributed by atoms with Crippen LogP contribution >= 0.6 is 0 Å². The number of hydrogen-bond acceptors (Lipinski definition) is 3. The van der Waals surface area contributed by atoms with Gasteiger partial charge in [-0.25, -0.2) is 0 Å². The van der Waals surface area contributed by atoms with Crippen molar-refractivity contribution < 1.29 is 14.3 Å². The van der Waals surface area contributed by atoms with E-state index in [4.69, 9.17) is 9.47 Å². The van der Waals surface area contributed by atoms with Crippen LogP contribution in [-0.4, -0.2) is 17.4 Å². The van der Waals surface area contributed by atoms with Crippen LogP contribution in [0.5, 0.6) is 11.5 Å². The SMILES string of the molecule is CCOc1ccc(C(=O)N(Cc2ccccc2)Cc2ccccc2)cc1COc1ccccc1. The van der Waals surface area contributed by atoms with Crippen LogP contribution in [0.3, 0.4) is 0 Å². The molecule has 4 aromatic carbocycles. The van der Waals surface area contributed by atoms with Gasteiger partial charge in [-0.2, -0.15) is 0 Å². The van der Waals surface area contributed by atoms with Crippen molar-refractivity contribution in [1.29, 1.82) is 0 Å². The molecular formula is C30H29NO3. The number of benzene rings is 4. The fraction of sp³-hybridized carbons (Fsp3) is 0.167. The molecule has 0 heterocycles. The molecule has 4 heteroatoms. The minimum Gasteiger partial charge on any atom is -0.493 e. The lowest BCUT2D eigenvalue weighted by atomic mass is 10.1. The number of carbonyl (C=O) groups excluding carboxylic acids is 1. The van der Waals surface area contributed by atoms with Crippen molar-refractivity contribution in [3.8, 4) is 11.5 Å². The van der Waals surface area contributed by atoms with Gasteiger partial charge >= 0.3 is 0 Å². The summed E-state index contributed by atoms with van der Waals surface area (Å²) in [7, 11) is 0. The Labute approximate surface area is 201 Å². The normalized spacial score (nSPS) is 10.5. The second-order valence-corrected chi connectivity index (χ2v) is 7.99. The third-order valence-electron chi connectivity index (χ3n) is 5.46. The number of hydrogen-bond donors (Lipinski definition) is 0. The van der Waals surface area contributed by atoms with E-state index < -0.39 is 0 Å². The van der Waals surface area contributed by atoms with E-state index in [2.05, 4.69) is 0 Å². The first kappa shape index (κ1) is 23.1. The summed E-state index contributed by atoms with van der Waals surface area (Å²) in [5.41, 5.74) is 3.63. The molecule has 0 fully saturated rings. The number of para-hydroxylation sites is 1. The van der Waals surface area contributed by atoms with Crippen LogP contribution in [0, 0.1) is 0 Å². The van der Waals surface area contributed by atoms with E-state index >= 15 is 0 Å². The highest BCUT2D eigenvalue weighted by Gasteiger charge is 2.19. The highest BCUT2D eigenvalue weighted by atomic mass is 16.5. The lowest BCUT2D eigenvalue weighted by Gasteiger charge is -2.24. The minimum atomic E-state index is -0.0308. The molecule has 172 valence electrons. The van der Waals surface area contributed by atoms with Crippen LogP contribution in [-0.2, 0) is 19.7 Å². The van der Waals surface area contributed by atoms with E-state index in [1.165, 1.54) is 0 Å². The summed E-state index contributed by atoms with van der Waals surface area (Å²) in [5.74, 6) is 1.47. The summed E-state index contributed by atoms with van der Waals surface area (Å²) in [4.78, 5) is 15.6. The summed E-state index contributed by atoms with van der Waals surface area (Å²) < 4.78 is 11.8. The Balaban J connectivity index is 1.60. The number of amides is 1. The number of rotatable bonds is 10. The van der Waals surface area contributed by atoms with Gasteiger partial charge in [0.1, 0.15) is 18.1 Å². The van der Waals surface area contributed by atoms with E-state index in [-0.39, 0.29) is 5.91 Å². The van der Waals surface area contributed by atoms with Gasteiger partial charge in [0.2, 0.25) is 0 Å². The zero-order valence-corrected chi connectivity index (χ0v) is 19.4. The Morgan fingerprint density at radius 1 is 0.706 bits per heavy atom. The maximum absolute atomic E-state index is 13.7. The van der Waals surface area contributed by atoms with Crippen LogP contribution in [0.25, 0.3) is 0 Å². The van der Waals surface area contributed by atoms with Gasteiger partial charge in [0.15, 0.2) is 0 Å². The summed E-state index contributed by atoms with van der Waals surface area (Å²) >= 11 is 0. The minimum absolute atomic E-state index is 0.0308. The average molecular weight is 452 g/mol.